The topological polar surface area (TPSA) is 53.6 Å². The van der Waals surface area contributed by atoms with E-state index < -0.39 is 0 Å². The molecule has 1 aliphatic heterocycles. The Bertz CT molecular complexity index is 218. The van der Waals surface area contributed by atoms with Crippen LogP contribution in [0.4, 0.5) is 0 Å². The summed E-state index contributed by atoms with van der Waals surface area (Å²) in [5.74, 6) is 0.146. The van der Waals surface area contributed by atoms with Crippen LogP contribution >= 0.6 is 0 Å². The predicted octanol–water partition coefficient (Wildman–Crippen LogP) is 0.215. The van der Waals surface area contributed by atoms with Gasteiger partial charge in [-0.25, -0.2) is 0 Å². The number of morpholine rings is 1. The summed E-state index contributed by atoms with van der Waals surface area (Å²) in [5, 5.41) is 6.23. The number of unbranched alkanes of at least 4 members (excludes halogenated alkanes) is 1. The lowest BCUT2D eigenvalue weighted by atomic mass is 10.3. The van der Waals surface area contributed by atoms with Crippen LogP contribution in [-0.2, 0) is 9.53 Å². The standard InChI is InChI=1S/C13H27N3O2/c1-2-3-5-14-6-4-13(17)15-7-8-16-9-11-18-12-10-16/h14H,2-12H2,1H3,(H,15,17). The fourth-order valence-corrected chi connectivity index (χ4v) is 1.90. The van der Waals surface area contributed by atoms with Crippen LogP contribution in [0.25, 0.3) is 0 Å². The van der Waals surface area contributed by atoms with Gasteiger partial charge in [-0.05, 0) is 13.0 Å². The summed E-state index contributed by atoms with van der Waals surface area (Å²) in [5.41, 5.74) is 0. The molecule has 18 heavy (non-hydrogen) atoms. The molecule has 1 rings (SSSR count). The number of ether oxygens (including phenoxy) is 1. The van der Waals surface area contributed by atoms with Gasteiger partial charge in [-0.3, -0.25) is 9.69 Å². The number of hydrogen-bond donors (Lipinski definition) is 2. The molecular weight excluding hydrogens is 230 g/mol. The van der Waals surface area contributed by atoms with Crippen LogP contribution in [0.5, 0.6) is 0 Å². The Hall–Kier alpha value is -0.650. The second kappa shape index (κ2) is 10.3. The molecule has 5 heteroatoms. The van der Waals surface area contributed by atoms with Crippen LogP contribution in [0.3, 0.4) is 0 Å². The van der Waals surface area contributed by atoms with Gasteiger partial charge < -0.3 is 15.4 Å². The van der Waals surface area contributed by atoms with E-state index in [0.717, 1.165) is 52.5 Å². The Balaban J connectivity index is 1.89. The Kier molecular flexibility index (Phi) is 8.81. The lowest BCUT2D eigenvalue weighted by Crippen LogP contribution is -2.41. The second-order valence-corrected chi connectivity index (χ2v) is 4.66. The van der Waals surface area contributed by atoms with Gasteiger partial charge in [0.15, 0.2) is 0 Å². The third-order valence-corrected chi connectivity index (χ3v) is 3.09. The van der Waals surface area contributed by atoms with Crippen molar-refractivity contribution in [1.82, 2.24) is 15.5 Å². The SMILES string of the molecule is CCCCNCCC(=O)NCCN1CCOCC1. The largest absolute Gasteiger partial charge is 0.379 e. The minimum absolute atomic E-state index is 0.146. The highest BCUT2D eigenvalue weighted by Gasteiger charge is 2.09. The summed E-state index contributed by atoms with van der Waals surface area (Å²) in [6, 6.07) is 0. The summed E-state index contributed by atoms with van der Waals surface area (Å²) >= 11 is 0. The molecule has 0 saturated carbocycles. The minimum atomic E-state index is 0.146. The highest BCUT2D eigenvalue weighted by Crippen LogP contribution is 1.94. The van der Waals surface area contributed by atoms with Crippen LogP contribution in [0.15, 0.2) is 0 Å². The molecule has 106 valence electrons. The van der Waals surface area contributed by atoms with Crippen molar-refractivity contribution in [2.75, 3.05) is 52.5 Å². The van der Waals surface area contributed by atoms with E-state index in [0.29, 0.717) is 6.42 Å². The van der Waals surface area contributed by atoms with Gasteiger partial charge in [-0.15, -0.1) is 0 Å². The molecule has 0 bridgehead atoms. The van der Waals surface area contributed by atoms with Crippen LogP contribution in [0, 0.1) is 0 Å². The number of nitrogens with zero attached hydrogens (tertiary/aromatic N) is 1. The number of rotatable bonds is 9. The monoisotopic (exact) mass is 257 g/mol. The summed E-state index contributed by atoms with van der Waals surface area (Å²) in [7, 11) is 0. The van der Waals surface area contributed by atoms with Crippen molar-refractivity contribution in [2.45, 2.75) is 26.2 Å². The molecule has 0 atom stereocenters. The van der Waals surface area contributed by atoms with Crippen molar-refractivity contribution < 1.29 is 9.53 Å². The molecule has 1 amide bonds. The van der Waals surface area contributed by atoms with E-state index in [-0.39, 0.29) is 5.91 Å². The van der Waals surface area contributed by atoms with E-state index in [1.807, 2.05) is 0 Å². The van der Waals surface area contributed by atoms with Crippen LogP contribution in [0.2, 0.25) is 0 Å². The first-order valence-electron chi connectivity index (χ1n) is 7.10. The number of carbonyl (C=O) groups excluding carboxylic acids is 1. The lowest BCUT2D eigenvalue weighted by Gasteiger charge is -2.26. The molecule has 1 aliphatic rings. The second-order valence-electron chi connectivity index (χ2n) is 4.66. The molecule has 1 fully saturated rings. The van der Waals surface area contributed by atoms with E-state index in [1.165, 1.54) is 12.8 Å². The molecule has 0 aromatic carbocycles. The molecule has 2 N–H and O–H groups in total. The highest BCUT2D eigenvalue weighted by atomic mass is 16.5. The van der Waals surface area contributed by atoms with E-state index in [2.05, 4.69) is 22.5 Å². The fraction of sp³-hybridized carbons (Fsp3) is 0.923. The van der Waals surface area contributed by atoms with Gasteiger partial charge >= 0.3 is 0 Å². The van der Waals surface area contributed by atoms with E-state index >= 15 is 0 Å². The summed E-state index contributed by atoms with van der Waals surface area (Å²) in [4.78, 5) is 13.8. The van der Waals surface area contributed by atoms with E-state index in [1.54, 1.807) is 0 Å². The first-order valence-corrected chi connectivity index (χ1v) is 7.10. The molecule has 1 saturated heterocycles. The number of amides is 1. The Morgan fingerprint density at radius 3 is 2.72 bits per heavy atom. The summed E-state index contributed by atoms with van der Waals surface area (Å²) < 4.78 is 5.28. The summed E-state index contributed by atoms with van der Waals surface area (Å²) in [6.07, 6.45) is 2.95. The lowest BCUT2D eigenvalue weighted by molar-refractivity contribution is -0.121. The smallest absolute Gasteiger partial charge is 0.221 e. The fourth-order valence-electron chi connectivity index (χ4n) is 1.90. The van der Waals surface area contributed by atoms with Gasteiger partial charge in [0.1, 0.15) is 0 Å². The maximum absolute atomic E-state index is 11.5. The first-order chi connectivity index (χ1) is 8.83. The van der Waals surface area contributed by atoms with E-state index in [4.69, 9.17) is 4.74 Å². The van der Waals surface area contributed by atoms with Crippen molar-refractivity contribution >= 4 is 5.91 Å². The molecule has 5 nitrogen and oxygen atoms in total. The molecule has 0 aromatic heterocycles. The zero-order valence-electron chi connectivity index (χ0n) is 11.5. The van der Waals surface area contributed by atoms with Gasteiger partial charge in [0.2, 0.25) is 5.91 Å². The first kappa shape index (κ1) is 15.4. The maximum atomic E-state index is 11.5. The van der Waals surface area contributed by atoms with E-state index in [9.17, 15) is 4.79 Å². The highest BCUT2D eigenvalue weighted by molar-refractivity contribution is 5.76. The molecule has 0 aliphatic carbocycles. The molecule has 0 spiro atoms. The van der Waals surface area contributed by atoms with Gasteiger partial charge in [0.05, 0.1) is 13.2 Å². The van der Waals surface area contributed by atoms with Crippen molar-refractivity contribution in [3.63, 3.8) is 0 Å². The van der Waals surface area contributed by atoms with Crippen molar-refractivity contribution in [3.05, 3.63) is 0 Å². The average Bonchev–Trinajstić information content (AvgIpc) is 2.40. The molecule has 1 heterocycles. The molecule has 0 radical (unpaired) electrons. The van der Waals surface area contributed by atoms with Crippen molar-refractivity contribution in [1.29, 1.82) is 0 Å². The Morgan fingerprint density at radius 2 is 2.00 bits per heavy atom. The van der Waals surface area contributed by atoms with Crippen LogP contribution < -0.4 is 10.6 Å². The normalized spacial score (nSPS) is 16.7. The van der Waals surface area contributed by atoms with Crippen molar-refractivity contribution in [3.8, 4) is 0 Å². The maximum Gasteiger partial charge on any atom is 0.221 e. The number of nitrogens with one attached hydrogen (secondary N) is 2. The van der Waals surface area contributed by atoms with Crippen molar-refractivity contribution in [2.24, 2.45) is 0 Å². The van der Waals surface area contributed by atoms with Crippen LogP contribution in [0.1, 0.15) is 26.2 Å². The van der Waals surface area contributed by atoms with Crippen LogP contribution in [-0.4, -0.2) is 63.3 Å². The molecule has 0 aromatic rings. The molecular formula is C13H27N3O2. The average molecular weight is 257 g/mol. The summed E-state index contributed by atoms with van der Waals surface area (Å²) in [6.45, 7) is 9.22. The number of carbonyl (C=O) groups is 1. The van der Waals surface area contributed by atoms with Gasteiger partial charge in [0.25, 0.3) is 0 Å². The zero-order chi connectivity index (χ0) is 13.1. The Labute approximate surface area is 110 Å². The van der Waals surface area contributed by atoms with Gasteiger partial charge in [0, 0.05) is 39.1 Å². The quantitative estimate of drug-likeness (QED) is 0.580. The minimum Gasteiger partial charge on any atom is -0.379 e. The molecule has 0 unspecified atom stereocenters. The predicted molar refractivity (Wildman–Crippen MR) is 72.7 cm³/mol. The number of hydrogen-bond acceptors (Lipinski definition) is 4. The Morgan fingerprint density at radius 1 is 1.22 bits per heavy atom. The third-order valence-electron chi connectivity index (χ3n) is 3.09. The zero-order valence-corrected chi connectivity index (χ0v) is 11.5. The van der Waals surface area contributed by atoms with Gasteiger partial charge in [-0.1, -0.05) is 13.3 Å². The van der Waals surface area contributed by atoms with Gasteiger partial charge in [-0.2, -0.15) is 0 Å². The third kappa shape index (κ3) is 7.63.